The Bertz CT molecular complexity index is 911. The minimum Gasteiger partial charge on any atom is -0.350 e. The third kappa shape index (κ3) is 4.78. The molecule has 2 amide bonds. The highest BCUT2D eigenvalue weighted by Crippen LogP contribution is 2.30. The number of unbranched alkanes of at least 4 members (excludes halogenated alkanes) is 3. The van der Waals surface area contributed by atoms with Crippen LogP contribution in [0.5, 0.6) is 0 Å². The number of hydrogen-bond acceptors (Lipinski definition) is 3. The predicted octanol–water partition coefficient (Wildman–Crippen LogP) is 4.69. The molecule has 0 unspecified atom stereocenters. The van der Waals surface area contributed by atoms with Gasteiger partial charge in [0, 0.05) is 40.4 Å². The monoisotopic (exact) mass is 386 g/mol. The first kappa shape index (κ1) is 19.2. The first-order valence-corrected chi connectivity index (χ1v) is 9.39. The Kier molecular flexibility index (Phi) is 6.32. The number of aryl methyl sites for hydroxylation is 1. The largest absolute Gasteiger partial charge is 0.350 e. The maximum atomic E-state index is 10.8. The fraction of sp³-hybridized carbons (Fsp3) is 0.300. The number of urea groups is 1. The third-order valence-electron chi connectivity index (χ3n) is 4.58. The number of primary amides is 1. The van der Waals surface area contributed by atoms with E-state index < -0.39 is 6.03 Å². The molecule has 0 spiro atoms. The van der Waals surface area contributed by atoms with Crippen molar-refractivity contribution in [3.05, 3.63) is 53.8 Å². The SMILES string of the molecule is NC(=O)N(O)CCCCCCn1c(-c2cccnc2)cc2cc(Cl)ccc21. The van der Waals surface area contributed by atoms with Crippen LogP contribution in [0, 0.1) is 0 Å². The van der Waals surface area contributed by atoms with E-state index in [4.69, 9.17) is 17.3 Å². The van der Waals surface area contributed by atoms with E-state index in [9.17, 15) is 10.0 Å². The van der Waals surface area contributed by atoms with Crippen molar-refractivity contribution in [3.8, 4) is 11.3 Å². The lowest BCUT2D eigenvalue weighted by Gasteiger charge is -2.12. The maximum absolute atomic E-state index is 10.8. The first-order valence-electron chi connectivity index (χ1n) is 9.01. The standard InChI is InChI=1S/C20H23ClN4O2/c21-17-7-8-18-16(12-17)13-19(15-6-5-9-23-14-15)24(18)10-3-1-2-4-11-25(27)20(22)26/h5-9,12-14,27H,1-4,10-11H2,(H2,22,26). The number of benzene rings is 1. The summed E-state index contributed by atoms with van der Waals surface area (Å²) < 4.78 is 2.30. The molecule has 3 aromatic rings. The Morgan fingerprint density at radius 2 is 2.00 bits per heavy atom. The molecule has 27 heavy (non-hydrogen) atoms. The number of fused-ring (bicyclic) bond motifs is 1. The fourth-order valence-corrected chi connectivity index (χ4v) is 3.41. The van der Waals surface area contributed by atoms with Gasteiger partial charge in [-0.1, -0.05) is 24.4 Å². The average Bonchev–Trinajstić information content (AvgIpc) is 3.02. The number of carbonyl (C=O) groups is 1. The molecule has 0 saturated carbocycles. The first-order chi connectivity index (χ1) is 13.1. The fourth-order valence-electron chi connectivity index (χ4n) is 3.23. The molecule has 0 bridgehead atoms. The normalized spacial score (nSPS) is 11.0. The minimum atomic E-state index is -0.811. The number of pyridine rings is 1. The quantitative estimate of drug-likeness (QED) is 0.334. The molecule has 0 fully saturated rings. The van der Waals surface area contributed by atoms with E-state index in [2.05, 4.69) is 21.7 Å². The topological polar surface area (TPSA) is 84.4 Å². The Morgan fingerprint density at radius 3 is 2.74 bits per heavy atom. The van der Waals surface area contributed by atoms with Gasteiger partial charge in [0.25, 0.3) is 0 Å². The van der Waals surface area contributed by atoms with E-state index in [1.54, 1.807) is 6.20 Å². The van der Waals surface area contributed by atoms with Gasteiger partial charge in [-0.15, -0.1) is 0 Å². The van der Waals surface area contributed by atoms with Crippen LogP contribution >= 0.6 is 11.6 Å². The van der Waals surface area contributed by atoms with Gasteiger partial charge in [0.2, 0.25) is 0 Å². The summed E-state index contributed by atoms with van der Waals surface area (Å²) in [5.41, 5.74) is 8.33. The van der Waals surface area contributed by atoms with Gasteiger partial charge < -0.3 is 10.3 Å². The second kappa shape index (κ2) is 8.88. The number of rotatable bonds is 8. The number of carbonyl (C=O) groups excluding carboxylic acids is 1. The molecule has 0 saturated heterocycles. The van der Waals surface area contributed by atoms with E-state index in [-0.39, 0.29) is 6.54 Å². The molecular weight excluding hydrogens is 364 g/mol. The van der Waals surface area contributed by atoms with Crippen molar-refractivity contribution in [1.29, 1.82) is 0 Å². The van der Waals surface area contributed by atoms with Crippen molar-refractivity contribution in [3.63, 3.8) is 0 Å². The molecule has 1 aromatic carbocycles. The number of halogens is 1. The Morgan fingerprint density at radius 1 is 1.19 bits per heavy atom. The zero-order valence-corrected chi connectivity index (χ0v) is 15.8. The van der Waals surface area contributed by atoms with Crippen molar-refractivity contribution in [1.82, 2.24) is 14.6 Å². The summed E-state index contributed by atoms with van der Waals surface area (Å²) in [5, 5.41) is 11.7. The second-order valence-electron chi connectivity index (χ2n) is 6.50. The van der Waals surface area contributed by atoms with E-state index in [1.807, 2.05) is 30.5 Å². The Balaban J connectivity index is 1.69. The van der Waals surface area contributed by atoms with Gasteiger partial charge in [-0.3, -0.25) is 10.2 Å². The molecule has 142 valence electrons. The molecule has 0 aliphatic heterocycles. The van der Waals surface area contributed by atoms with Gasteiger partial charge >= 0.3 is 6.03 Å². The van der Waals surface area contributed by atoms with Crippen molar-refractivity contribution in [2.75, 3.05) is 6.54 Å². The Hall–Kier alpha value is -2.57. The van der Waals surface area contributed by atoms with Crippen LogP contribution < -0.4 is 5.73 Å². The number of hydrogen-bond donors (Lipinski definition) is 2. The highest BCUT2D eigenvalue weighted by Gasteiger charge is 2.11. The number of nitrogens with two attached hydrogens (primary N) is 1. The summed E-state index contributed by atoms with van der Waals surface area (Å²) in [4.78, 5) is 15.0. The van der Waals surface area contributed by atoms with Crippen LogP contribution in [-0.4, -0.2) is 32.4 Å². The van der Waals surface area contributed by atoms with Crippen LogP contribution in [0.2, 0.25) is 5.02 Å². The molecule has 2 aromatic heterocycles. The minimum absolute atomic E-state index is 0.265. The molecular formula is C20H23ClN4O2. The van der Waals surface area contributed by atoms with Crippen LogP contribution in [0.15, 0.2) is 48.8 Å². The summed E-state index contributed by atoms with van der Waals surface area (Å²) in [6.07, 6.45) is 7.25. The smallest absolute Gasteiger partial charge is 0.338 e. The van der Waals surface area contributed by atoms with Crippen molar-refractivity contribution >= 4 is 28.5 Å². The van der Waals surface area contributed by atoms with E-state index in [1.165, 1.54) is 0 Å². The maximum Gasteiger partial charge on any atom is 0.338 e. The molecule has 6 nitrogen and oxygen atoms in total. The van der Waals surface area contributed by atoms with Crippen LogP contribution in [-0.2, 0) is 6.54 Å². The second-order valence-corrected chi connectivity index (χ2v) is 6.94. The van der Waals surface area contributed by atoms with E-state index in [0.717, 1.165) is 59.4 Å². The summed E-state index contributed by atoms with van der Waals surface area (Å²) >= 11 is 6.16. The van der Waals surface area contributed by atoms with Crippen molar-refractivity contribution in [2.24, 2.45) is 5.73 Å². The van der Waals surface area contributed by atoms with Gasteiger partial charge in [-0.2, -0.15) is 0 Å². The number of amides is 2. The molecule has 3 N–H and O–H groups in total. The molecule has 7 heteroatoms. The molecule has 2 heterocycles. The zero-order valence-electron chi connectivity index (χ0n) is 15.0. The van der Waals surface area contributed by atoms with Gasteiger partial charge in [-0.25, -0.2) is 9.86 Å². The molecule has 0 aliphatic rings. The van der Waals surface area contributed by atoms with Crippen LogP contribution in [0.1, 0.15) is 25.7 Å². The zero-order chi connectivity index (χ0) is 19.2. The lowest BCUT2D eigenvalue weighted by molar-refractivity contribution is -0.0403. The summed E-state index contributed by atoms with van der Waals surface area (Å²) in [7, 11) is 0. The molecule has 0 aliphatic carbocycles. The third-order valence-corrected chi connectivity index (χ3v) is 4.81. The van der Waals surface area contributed by atoms with Gasteiger partial charge in [0.05, 0.1) is 12.2 Å². The van der Waals surface area contributed by atoms with E-state index in [0.29, 0.717) is 5.06 Å². The van der Waals surface area contributed by atoms with Crippen LogP contribution in [0.4, 0.5) is 4.79 Å². The molecule has 0 atom stereocenters. The predicted molar refractivity (Wildman–Crippen MR) is 107 cm³/mol. The van der Waals surface area contributed by atoms with Gasteiger partial charge in [0.15, 0.2) is 0 Å². The molecule has 0 radical (unpaired) electrons. The Labute approximate surface area is 163 Å². The summed E-state index contributed by atoms with van der Waals surface area (Å²) in [6, 6.07) is 11.3. The summed E-state index contributed by atoms with van der Waals surface area (Å²) in [6.45, 7) is 1.13. The number of nitrogens with zero attached hydrogens (tertiary/aromatic N) is 3. The highest BCUT2D eigenvalue weighted by molar-refractivity contribution is 6.31. The number of hydroxylamine groups is 2. The molecule has 3 rings (SSSR count). The van der Waals surface area contributed by atoms with Crippen molar-refractivity contribution in [2.45, 2.75) is 32.2 Å². The highest BCUT2D eigenvalue weighted by atomic mass is 35.5. The number of aromatic nitrogens is 2. The van der Waals surface area contributed by atoms with Gasteiger partial charge in [-0.05, 0) is 49.2 Å². The van der Waals surface area contributed by atoms with Crippen molar-refractivity contribution < 1.29 is 10.0 Å². The van der Waals surface area contributed by atoms with Gasteiger partial charge in [0.1, 0.15) is 0 Å². The lowest BCUT2D eigenvalue weighted by atomic mass is 10.1. The van der Waals surface area contributed by atoms with E-state index >= 15 is 0 Å². The lowest BCUT2D eigenvalue weighted by Crippen LogP contribution is -2.33. The summed E-state index contributed by atoms with van der Waals surface area (Å²) in [5.74, 6) is 0. The average molecular weight is 387 g/mol. The van der Waals surface area contributed by atoms with Crippen LogP contribution in [0.25, 0.3) is 22.2 Å². The van der Waals surface area contributed by atoms with Crippen LogP contribution in [0.3, 0.4) is 0 Å².